The number of benzene rings is 1. The largest absolute Gasteiger partial charge is 0.454 e. The van der Waals surface area contributed by atoms with Gasteiger partial charge in [0.25, 0.3) is 0 Å². The van der Waals surface area contributed by atoms with Gasteiger partial charge in [-0.1, -0.05) is 12.1 Å². The number of nitrogens with one attached hydrogen (secondary N) is 1. The Bertz CT molecular complexity index is 701. The van der Waals surface area contributed by atoms with Crippen LogP contribution in [0.3, 0.4) is 0 Å². The lowest BCUT2D eigenvalue weighted by molar-refractivity contribution is 0.0830. The number of ether oxygens (including phenoxy) is 3. The van der Waals surface area contributed by atoms with Crippen LogP contribution in [-0.4, -0.2) is 29.7 Å². The number of para-hydroxylation sites is 1. The van der Waals surface area contributed by atoms with E-state index >= 15 is 0 Å². The van der Waals surface area contributed by atoms with Crippen molar-refractivity contribution in [2.45, 2.75) is 32.5 Å². The highest BCUT2D eigenvalue weighted by Gasteiger charge is 2.31. The quantitative estimate of drug-likeness (QED) is 0.882. The fraction of sp³-hybridized carbons (Fsp3) is 0.500. The van der Waals surface area contributed by atoms with E-state index in [-0.39, 0.29) is 6.10 Å². The number of hydrogen-bond donors (Lipinski definition) is 1. The monoisotopic (exact) mass is 329 g/mol. The molecular formula is C18H23N3O3. The summed E-state index contributed by atoms with van der Waals surface area (Å²) in [6.45, 7) is 5.77. The predicted octanol–water partition coefficient (Wildman–Crippen LogP) is 2.50. The van der Waals surface area contributed by atoms with Crippen LogP contribution >= 0.6 is 0 Å². The molecule has 0 amide bonds. The predicted molar refractivity (Wildman–Crippen MR) is 89.0 cm³/mol. The van der Waals surface area contributed by atoms with Gasteiger partial charge >= 0.3 is 0 Å². The van der Waals surface area contributed by atoms with Crippen molar-refractivity contribution >= 4 is 0 Å². The van der Waals surface area contributed by atoms with E-state index in [4.69, 9.17) is 14.2 Å². The Morgan fingerprint density at radius 3 is 3.17 bits per heavy atom. The van der Waals surface area contributed by atoms with Crippen molar-refractivity contribution in [3.8, 4) is 11.5 Å². The molecule has 2 atom stereocenters. The summed E-state index contributed by atoms with van der Waals surface area (Å²) in [5, 5.41) is 7.92. The van der Waals surface area contributed by atoms with Gasteiger partial charge < -0.3 is 19.5 Å². The van der Waals surface area contributed by atoms with Gasteiger partial charge in [0.2, 0.25) is 6.79 Å². The average molecular weight is 329 g/mol. The molecule has 6 heteroatoms. The lowest BCUT2D eigenvalue weighted by Gasteiger charge is -2.20. The van der Waals surface area contributed by atoms with Crippen LogP contribution in [0.4, 0.5) is 0 Å². The number of aromatic nitrogens is 2. The van der Waals surface area contributed by atoms with Crippen molar-refractivity contribution in [1.29, 1.82) is 0 Å². The number of rotatable bonds is 6. The van der Waals surface area contributed by atoms with Crippen molar-refractivity contribution in [2.75, 3.05) is 19.9 Å². The lowest BCUT2D eigenvalue weighted by Crippen LogP contribution is -2.25. The van der Waals surface area contributed by atoms with Crippen LogP contribution in [0, 0.1) is 5.92 Å². The Hall–Kier alpha value is -2.05. The smallest absolute Gasteiger partial charge is 0.231 e. The van der Waals surface area contributed by atoms with Gasteiger partial charge in [0.05, 0.1) is 5.69 Å². The van der Waals surface area contributed by atoms with Crippen LogP contribution in [0.2, 0.25) is 0 Å². The molecule has 0 radical (unpaired) electrons. The topological polar surface area (TPSA) is 57.5 Å². The van der Waals surface area contributed by atoms with Gasteiger partial charge in [-0.05, 0) is 25.5 Å². The molecule has 3 heterocycles. The minimum atomic E-state index is 0.126. The first kappa shape index (κ1) is 15.5. The fourth-order valence-electron chi connectivity index (χ4n) is 3.54. The van der Waals surface area contributed by atoms with Gasteiger partial charge in [-0.3, -0.25) is 4.68 Å². The van der Waals surface area contributed by atoms with Gasteiger partial charge in [-0.15, -0.1) is 0 Å². The van der Waals surface area contributed by atoms with Crippen molar-refractivity contribution < 1.29 is 14.2 Å². The first-order valence-corrected chi connectivity index (χ1v) is 8.58. The van der Waals surface area contributed by atoms with E-state index in [1.54, 1.807) is 0 Å². The van der Waals surface area contributed by atoms with E-state index in [2.05, 4.69) is 29.5 Å². The van der Waals surface area contributed by atoms with Crippen LogP contribution in [0.25, 0.3) is 0 Å². The van der Waals surface area contributed by atoms with E-state index < -0.39 is 0 Å². The molecule has 128 valence electrons. The summed E-state index contributed by atoms with van der Waals surface area (Å²) in [7, 11) is 0. The third kappa shape index (κ3) is 2.87. The summed E-state index contributed by atoms with van der Waals surface area (Å²) >= 11 is 0. The van der Waals surface area contributed by atoms with E-state index in [1.165, 1.54) is 5.69 Å². The van der Waals surface area contributed by atoms with Gasteiger partial charge in [0.1, 0.15) is 6.10 Å². The molecule has 2 aromatic rings. The number of nitrogens with zero attached hydrogens (tertiary/aromatic N) is 2. The van der Waals surface area contributed by atoms with Gasteiger partial charge in [-0.2, -0.15) is 5.10 Å². The Morgan fingerprint density at radius 1 is 1.29 bits per heavy atom. The summed E-state index contributed by atoms with van der Waals surface area (Å²) in [4.78, 5) is 0. The van der Waals surface area contributed by atoms with Crippen molar-refractivity contribution in [3.63, 3.8) is 0 Å². The minimum absolute atomic E-state index is 0.126. The zero-order valence-corrected chi connectivity index (χ0v) is 13.9. The molecule has 4 rings (SSSR count). The zero-order chi connectivity index (χ0) is 16.4. The molecule has 2 aliphatic rings. The zero-order valence-electron chi connectivity index (χ0n) is 13.9. The number of fused-ring (bicyclic) bond motifs is 1. The van der Waals surface area contributed by atoms with Crippen molar-refractivity contribution in [3.05, 3.63) is 41.7 Å². The molecule has 1 aromatic carbocycles. The minimum Gasteiger partial charge on any atom is -0.454 e. The van der Waals surface area contributed by atoms with Crippen LogP contribution in [0.1, 0.15) is 30.7 Å². The second-order valence-electron chi connectivity index (χ2n) is 6.19. The molecule has 24 heavy (non-hydrogen) atoms. The first-order valence-electron chi connectivity index (χ1n) is 8.58. The van der Waals surface area contributed by atoms with E-state index in [1.807, 2.05) is 23.0 Å². The van der Waals surface area contributed by atoms with Gasteiger partial charge in [-0.25, -0.2) is 0 Å². The van der Waals surface area contributed by atoms with Crippen molar-refractivity contribution in [1.82, 2.24) is 15.1 Å². The first-order chi connectivity index (χ1) is 11.9. The maximum atomic E-state index is 5.98. The Morgan fingerprint density at radius 2 is 2.25 bits per heavy atom. The average Bonchev–Trinajstić information content (AvgIpc) is 3.34. The van der Waals surface area contributed by atoms with Gasteiger partial charge in [0, 0.05) is 43.9 Å². The molecule has 1 saturated heterocycles. The summed E-state index contributed by atoms with van der Waals surface area (Å²) in [6.07, 6.45) is 3.05. The maximum absolute atomic E-state index is 5.98. The standard InChI is InChI=1S/C18H23N3O3/c1-2-21-15(6-8-20-21)17-14(7-9-22-17)11-19-10-13-4-3-5-16-18(13)24-12-23-16/h3-6,8,14,17,19H,2,7,9-12H2,1H3/t14-,17+/m0/s1. The lowest BCUT2D eigenvalue weighted by atomic mass is 9.98. The molecule has 1 fully saturated rings. The summed E-state index contributed by atoms with van der Waals surface area (Å²) in [5.41, 5.74) is 2.32. The molecule has 2 aliphatic heterocycles. The van der Waals surface area contributed by atoms with Crippen LogP contribution < -0.4 is 14.8 Å². The Labute approximate surface area is 141 Å². The second kappa shape index (κ2) is 6.83. The number of hydrogen-bond acceptors (Lipinski definition) is 5. The molecule has 6 nitrogen and oxygen atoms in total. The molecule has 0 bridgehead atoms. The van der Waals surface area contributed by atoms with E-state index in [0.717, 1.165) is 49.7 Å². The van der Waals surface area contributed by atoms with E-state index in [9.17, 15) is 0 Å². The molecule has 0 aliphatic carbocycles. The molecule has 1 aromatic heterocycles. The third-order valence-corrected chi connectivity index (χ3v) is 4.75. The number of aryl methyl sites for hydroxylation is 1. The van der Waals surface area contributed by atoms with E-state index in [0.29, 0.717) is 12.7 Å². The van der Waals surface area contributed by atoms with Crippen LogP contribution in [-0.2, 0) is 17.8 Å². The molecule has 0 unspecified atom stereocenters. The molecule has 0 spiro atoms. The van der Waals surface area contributed by atoms with Crippen LogP contribution in [0.5, 0.6) is 11.5 Å². The molecular weight excluding hydrogens is 306 g/mol. The summed E-state index contributed by atoms with van der Waals surface area (Å²) in [6, 6.07) is 8.10. The highest BCUT2D eigenvalue weighted by Crippen LogP contribution is 2.36. The van der Waals surface area contributed by atoms with Crippen LogP contribution in [0.15, 0.2) is 30.5 Å². The Kier molecular flexibility index (Phi) is 4.40. The highest BCUT2D eigenvalue weighted by molar-refractivity contribution is 5.48. The highest BCUT2D eigenvalue weighted by atomic mass is 16.7. The normalized spacial score (nSPS) is 22.2. The van der Waals surface area contributed by atoms with Gasteiger partial charge in [0.15, 0.2) is 11.5 Å². The Balaban J connectivity index is 1.38. The third-order valence-electron chi connectivity index (χ3n) is 4.75. The summed E-state index contributed by atoms with van der Waals surface area (Å²) in [5.74, 6) is 2.16. The summed E-state index contributed by atoms with van der Waals surface area (Å²) < 4.78 is 19.0. The SMILES string of the molecule is CCn1nccc1[C@@H]1OCC[C@H]1CNCc1cccc2c1OCO2. The fourth-order valence-corrected chi connectivity index (χ4v) is 3.54. The maximum Gasteiger partial charge on any atom is 0.231 e. The molecule has 1 N–H and O–H groups in total. The van der Waals surface area contributed by atoms with Crippen molar-refractivity contribution in [2.24, 2.45) is 5.92 Å². The molecule has 0 saturated carbocycles. The second-order valence-corrected chi connectivity index (χ2v) is 6.19.